The van der Waals surface area contributed by atoms with Crippen molar-refractivity contribution in [1.82, 2.24) is 0 Å². The van der Waals surface area contributed by atoms with Crippen LogP contribution in [-0.2, 0) is 4.79 Å². The lowest BCUT2D eigenvalue weighted by molar-refractivity contribution is -0.118. The van der Waals surface area contributed by atoms with E-state index in [0.717, 1.165) is 0 Å². The molecular weight excluding hydrogens is 275 g/mol. The maximum atomic E-state index is 13.7. The molecule has 0 aromatic heterocycles. The Kier molecular flexibility index (Phi) is 3.35. The summed E-state index contributed by atoms with van der Waals surface area (Å²) in [6.07, 6.45) is 0. The van der Waals surface area contributed by atoms with Crippen LogP contribution < -0.4 is 20.5 Å². The van der Waals surface area contributed by atoms with E-state index in [1.54, 1.807) is 30.3 Å². The van der Waals surface area contributed by atoms with E-state index in [1.807, 2.05) is 0 Å². The number of hydrogen-bond acceptors (Lipinski definition) is 4. The molecule has 5 nitrogen and oxygen atoms in total. The van der Waals surface area contributed by atoms with Gasteiger partial charge in [-0.25, -0.2) is 4.39 Å². The number of nitrogens with two attached hydrogens (primary N) is 1. The minimum atomic E-state index is -0.864. The molecule has 2 aromatic rings. The first-order chi connectivity index (χ1) is 10.1. The number of ether oxygens (including phenoxy) is 2. The summed E-state index contributed by atoms with van der Waals surface area (Å²) < 4.78 is 24.2. The number of nitrogens with one attached hydrogen (secondary N) is 1. The number of para-hydroxylation sites is 1. The third-order valence-corrected chi connectivity index (χ3v) is 3.19. The van der Waals surface area contributed by atoms with Gasteiger partial charge in [-0.05, 0) is 29.8 Å². The van der Waals surface area contributed by atoms with Crippen molar-refractivity contribution in [3.63, 3.8) is 0 Å². The number of carbonyl (C=O) groups excluding carboxylic acids is 1. The fourth-order valence-corrected chi connectivity index (χ4v) is 2.15. The third kappa shape index (κ3) is 2.60. The number of fused-ring (bicyclic) bond motifs is 1. The van der Waals surface area contributed by atoms with Gasteiger partial charge in [0.2, 0.25) is 12.7 Å². The van der Waals surface area contributed by atoms with E-state index >= 15 is 0 Å². The van der Waals surface area contributed by atoms with Crippen LogP contribution in [0.4, 0.5) is 10.1 Å². The lowest BCUT2D eigenvalue weighted by Gasteiger charge is -2.18. The third-order valence-electron chi connectivity index (χ3n) is 3.19. The standard InChI is InChI=1S/C15H13FN2O3/c16-10-3-1-2-4-11(10)18-14(15(17)19)9-5-6-12-13(7-9)21-8-20-12/h1-7,14,18H,8H2,(H2,17,19). The molecule has 2 aromatic carbocycles. The van der Waals surface area contributed by atoms with Gasteiger partial charge in [0.25, 0.3) is 0 Å². The summed E-state index contributed by atoms with van der Waals surface area (Å²) in [5.74, 6) is 0.0727. The average Bonchev–Trinajstić information content (AvgIpc) is 2.93. The zero-order valence-electron chi connectivity index (χ0n) is 11.0. The lowest BCUT2D eigenvalue weighted by atomic mass is 10.0. The molecule has 3 rings (SSSR count). The monoisotopic (exact) mass is 288 g/mol. The van der Waals surface area contributed by atoms with Crippen molar-refractivity contribution < 1.29 is 18.7 Å². The normalized spacial score (nSPS) is 13.8. The molecule has 0 spiro atoms. The van der Waals surface area contributed by atoms with Gasteiger partial charge in [0.15, 0.2) is 11.5 Å². The van der Waals surface area contributed by atoms with Gasteiger partial charge in [-0.2, -0.15) is 0 Å². The van der Waals surface area contributed by atoms with Crippen LogP contribution in [0.15, 0.2) is 42.5 Å². The second kappa shape index (κ2) is 5.32. The van der Waals surface area contributed by atoms with Gasteiger partial charge in [0.1, 0.15) is 11.9 Å². The second-order valence-corrected chi connectivity index (χ2v) is 4.57. The number of hydrogen-bond donors (Lipinski definition) is 2. The molecule has 0 saturated carbocycles. The topological polar surface area (TPSA) is 73.6 Å². The van der Waals surface area contributed by atoms with Gasteiger partial charge in [0.05, 0.1) is 5.69 Å². The summed E-state index contributed by atoms with van der Waals surface area (Å²) >= 11 is 0. The van der Waals surface area contributed by atoms with Crippen molar-refractivity contribution in [2.75, 3.05) is 12.1 Å². The van der Waals surface area contributed by atoms with Crippen molar-refractivity contribution in [3.05, 3.63) is 53.8 Å². The predicted octanol–water partition coefficient (Wildman–Crippen LogP) is 2.19. The van der Waals surface area contributed by atoms with Gasteiger partial charge < -0.3 is 20.5 Å². The number of anilines is 1. The Morgan fingerprint density at radius 2 is 1.95 bits per heavy atom. The smallest absolute Gasteiger partial charge is 0.244 e. The van der Waals surface area contributed by atoms with Crippen molar-refractivity contribution in [2.24, 2.45) is 5.73 Å². The van der Waals surface area contributed by atoms with Crippen LogP contribution in [0.1, 0.15) is 11.6 Å². The highest BCUT2D eigenvalue weighted by Gasteiger charge is 2.22. The SMILES string of the molecule is NC(=O)C(Nc1ccccc1F)c1ccc2c(c1)OCO2. The Morgan fingerprint density at radius 3 is 2.71 bits per heavy atom. The predicted molar refractivity (Wildman–Crippen MR) is 74.5 cm³/mol. The molecule has 6 heteroatoms. The van der Waals surface area contributed by atoms with Crippen LogP contribution in [0, 0.1) is 5.82 Å². The summed E-state index contributed by atoms with van der Waals surface area (Å²) in [5.41, 5.74) is 6.20. The molecule has 0 bridgehead atoms. The molecule has 0 fully saturated rings. The molecule has 1 unspecified atom stereocenters. The number of halogens is 1. The van der Waals surface area contributed by atoms with E-state index in [0.29, 0.717) is 17.1 Å². The minimum absolute atomic E-state index is 0.140. The number of rotatable bonds is 4. The Balaban J connectivity index is 1.92. The minimum Gasteiger partial charge on any atom is -0.454 e. The van der Waals surface area contributed by atoms with Crippen LogP contribution in [0.3, 0.4) is 0 Å². The first kappa shape index (κ1) is 13.2. The molecule has 1 amide bonds. The number of benzene rings is 2. The van der Waals surface area contributed by atoms with Gasteiger partial charge in [-0.15, -0.1) is 0 Å². The maximum absolute atomic E-state index is 13.7. The Hall–Kier alpha value is -2.76. The van der Waals surface area contributed by atoms with Gasteiger partial charge in [-0.3, -0.25) is 4.79 Å². The molecule has 1 atom stereocenters. The molecule has 21 heavy (non-hydrogen) atoms. The summed E-state index contributed by atoms with van der Waals surface area (Å²) in [6.45, 7) is 0.140. The van der Waals surface area contributed by atoms with E-state index in [-0.39, 0.29) is 12.5 Å². The maximum Gasteiger partial charge on any atom is 0.244 e. The molecule has 1 heterocycles. The first-order valence-electron chi connectivity index (χ1n) is 6.35. The zero-order valence-corrected chi connectivity index (χ0v) is 11.0. The Bertz CT molecular complexity index is 690. The van der Waals surface area contributed by atoms with Crippen LogP contribution in [0.2, 0.25) is 0 Å². The van der Waals surface area contributed by atoms with Crippen LogP contribution in [0.25, 0.3) is 0 Å². The Morgan fingerprint density at radius 1 is 1.19 bits per heavy atom. The highest BCUT2D eigenvalue weighted by Crippen LogP contribution is 2.35. The molecular formula is C15H13FN2O3. The van der Waals surface area contributed by atoms with Crippen molar-refractivity contribution in [1.29, 1.82) is 0 Å². The molecule has 0 saturated heterocycles. The molecule has 0 radical (unpaired) electrons. The van der Waals surface area contributed by atoms with E-state index in [2.05, 4.69) is 5.32 Å². The second-order valence-electron chi connectivity index (χ2n) is 4.57. The summed E-state index contributed by atoms with van der Waals surface area (Å²) in [4.78, 5) is 11.7. The van der Waals surface area contributed by atoms with Gasteiger partial charge in [0, 0.05) is 0 Å². The molecule has 1 aliphatic rings. The fraction of sp³-hybridized carbons (Fsp3) is 0.133. The first-order valence-corrected chi connectivity index (χ1v) is 6.35. The van der Waals surface area contributed by atoms with E-state index < -0.39 is 17.8 Å². The molecule has 1 aliphatic heterocycles. The average molecular weight is 288 g/mol. The van der Waals surface area contributed by atoms with Gasteiger partial charge in [-0.1, -0.05) is 18.2 Å². The fourth-order valence-electron chi connectivity index (χ4n) is 2.15. The highest BCUT2D eigenvalue weighted by atomic mass is 19.1. The number of carbonyl (C=O) groups is 1. The Labute approximate surface area is 120 Å². The van der Waals surface area contributed by atoms with Crippen LogP contribution in [-0.4, -0.2) is 12.7 Å². The summed E-state index contributed by atoms with van der Waals surface area (Å²) in [7, 11) is 0. The van der Waals surface area contributed by atoms with Crippen molar-refractivity contribution in [2.45, 2.75) is 6.04 Å². The van der Waals surface area contributed by atoms with Crippen LogP contribution in [0.5, 0.6) is 11.5 Å². The summed E-state index contributed by atoms with van der Waals surface area (Å²) in [5, 5.41) is 2.81. The molecule has 3 N–H and O–H groups in total. The molecule has 0 aliphatic carbocycles. The largest absolute Gasteiger partial charge is 0.454 e. The number of amides is 1. The van der Waals surface area contributed by atoms with E-state index in [9.17, 15) is 9.18 Å². The van der Waals surface area contributed by atoms with E-state index in [1.165, 1.54) is 12.1 Å². The van der Waals surface area contributed by atoms with Crippen molar-refractivity contribution in [3.8, 4) is 11.5 Å². The number of primary amides is 1. The lowest BCUT2D eigenvalue weighted by Crippen LogP contribution is -2.28. The zero-order chi connectivity index (χ0) is 14.8. The highest BCUT2D eigenvalue weighted by molar-refractivity contribution is 5.84. The summed E-state index contributed by atoms with van der Waals surface area (Å²) in [6, 6.07) is 10.3. The van der Waals surface area contributed by atoms with Gasteiger partial charge >= 0.3 is 0 Å². The van der Waals surface area contributed by atoms with E-state index in [4.69, 9.17) is 15.2 Å². The van der Waals surface area contributed by atoms with Crippen molar-refractivity contribution >= 4 is 11.6 Å². The van der Waals surface area contributed by atoms with Crippen LogP contribution >= 0.6 is 0 Å². The molecule has 108 valence electrons. The quantitative estimate of drug-likeness (QED) is 0.904.